The van der Waals surface area contributed by atoms with Crippen LogP contribution in [0, 0.1) is 0 Å². The number of carbonyl (C=O) groups excluding carboxylic acids is 1. The molecule has 0 aliphatic heterocycles. The zero-order valence-corrected chi connectivity index (χ0v) is 11.5. The standard InChI is InChI=1S/C11H17N7O2/c1-3-17-9(13-7-14-17)6-18-8(5-12)10(15-16-18)11(19)20-4-2/h7H,3-6,12H2,1-2H3. The highest BCUT2D eigenvalue weighted by Gasteiger charge is 2.20. The molecule has 2 N–H and O–H groups in total. The number of esters is 1. The summed E-state index contributed by atoms with van der Waals surface area (Å²) in [4.78, 5) is 15.9. The maximum Gasteiger partial charge on any atom is 0.360 e. The third-order valence-corrected chi connectivity index (χ3v) is 2.79. The topological polar surface area (TPSA) is 114 Å². The lowest BCUT2D eigenvalue weighted by Gasteiger charge is -2.06. The maximum absolute atomic E-state index is 11.7. The van der Waals surface area contributed by atoms with Crippen LogP contribution in [0.25, 0.3) is 0 Å². The maximum atomic E-state index is 11.7. The molecule has 2 aromatic heterocycles. The second kappa shape index (κ2) is 6.24. The summed E-state index contributed by atoms with van der Waals surface area (Å²) in [5.74, 6) is 0.207. The largest absolute Gasteiger partial charge is 0.461 e. The van der Waals surface area contributed by atoms with Crippen LogP contribution in [0.3, 0.4) is 0 Å². The first-order valence-corrected chi connectivity index (χ1v) is 6.37. The van der Waals surface area contributed by atoms with E-state index < -0.39 is 5.97 Å². The van der Waals surface area contributed by atoms with Crippen molar-refractivity contribution in [2.45, 2.75) is 33.5 Å². The van der Waals surface area contributed by atoms with Gasteiger partial charge in [-0.3, -0.25) is 0 Å². The molecular formula is C11H17N7O2. The summed E-state index contributed by atoms with van der Waals surface area (Å²) in [7, 11) is 0. The summed E-state index contributed by atoms with van der Waals surface area (Å²) in [6.07, 6.45) is 1.48. The first-order valence-electron chi connectivity index (χ1n) is 6.37. The molecule has 0 saturated carbocycles. The molecule has 9 heteroatoms. The minimum atomic E-state index is -0.517. The van der Waals surface area contributed by atoms with Crippen LogP contribution < -0.4 is 5.73 Å². The second-order valence-corrected chi connectivity index (χ2v) is 3.96. The number of rotatable bonds is 6. The molecule has 2 heterocycles. The minimum absolute atomic E-state index is 0.140. The lowest BCUT2D eigenvalue weighted by molar-refractivity contribution is 0.0518. The monoisotopic (exact) mass is 279 g/mol. The number of aryl methyl sites for hydroxylation is 1. The van der Waals surface area contributed by atoms with E-state index in [-0.39, 0.29) is 18.8 Å². The van der Waals surface area contributed by atoms with Crippen molar-refractivity contribution in [3.05, 3.63) is 23.5 Å². The molecule has 0 aromatic carbocycles. The van der Waals surface area contributed by atoms with Crippen molar-refractivity contribution in [2.75, 3.05) is 6.61 Å². The van der Waals surface area contributed by atoms with Crippen LogP contribution in [0.5, 0.6) is 0 Å². The van der Waals surface area contributed by atoms with Gasteiger partial charge in [0.25, 0.3) is 0 Å². The average Bonchev–Trinajstić information content (AvgIpc) is 3.05. The Morgan fingerprint density at radius 1 is 1.40 bits per heavy atom. The van der Waals surface area contributed by atoms with Gasteiger partial charge in [0.15, 0.2) is 5.69 Å². The molecule has 108 valence electrons. The van der Waals surface area contributed by atoms with E-state index in [4.69, 9.17) is 10.5 Å². The molecule has 0 saturated heterocycles. The van der Waals surface area contributed by atoms with Gasteiger partial charge in [-0.1, -0.05) is 5.21 Å². The highest BCUT2D eigenvalue weighted by Crippen LogP contribution is 2.08. The van der Waals surface area contributed by atoms with Crippen LogP contribution in [-0.2, 0) is 24.4 Å². The van der Waals surface area contributed by atoms with Gasteiger partial charge in [-0.15, -0.1) is 5.10 Å². The van der Waals surface area contributed by atoms with E-state index in [9.17, 15) is 4.79 Å². The predicted octanol–water partition coefficient (Wildman–Crippen LogP) is -0.427. The Bertz CT molecular complexity index is 589. The molecule has 0 aliphatic carbocycles. The Hall–Kier alpha value is -2.29. The van der Waals surface area contributed by atoms with Gasteiger partial charge >= 0.3 is 5.97 Å². The van der Waals surface area contributed by atoms with Crippen molar-refractivity contribution in [2.24, 2.45) is 5.73 Å². The van der Waals surface area contributed by atoms with E-state index in [0.717, 1.165) is 5.82 Å². The van der Waals surface area contributed by atoms with E-state index >= 15 is 0 Å². The zero-order chi connectivity index (χ0) is 14.5. The number of nitrogens with zero attached hydrogens (tertiary/aromatic N) is 6. The summed E-state index contributed by atoms with van der Waals surface area (Å²) in [6, 6.07) is 0. The van der Waals surface area contributed by atoms with Crippen LogP contribution in [0.2, 0.25) is 0 Å². The Morgan fingerprint density at radius 2 is 2.20 bits per heavy atom. The van der Waals surface area contributed by atoms with Gasteiger partial charge in [-0.05, 0) is 13.8 Å². The van der Waals surface area contributed by atoms with Gasteiger partial charge in [0.05, 0.1) is 12.3 Å². The number of hydrogen-bond acceptors (Lipinski definition) is 7. The number of aromatic nitrogens is 6. The van der Waals surface area contributed by atoms with Gasteiger partial charge in [-0.2, -0.15) is 5.10 Å². The molecule has 0 amide bonds. The number of carbonyl (C=O) groups is 1. The van der Waals surface area contributed by atoms with E-state index in [2.05, 4.69) is 20.4 Å². The van der Waals surface area contributed by atoms with Gasteiger partial charge < -0.3 is 10.5 Å². The normalized spacial score (nSPS) is 10.8. The Kier molecular flexibility index (Phi) is 4.41. The molecule has 0 fully saturated rings. The first-order chi connectivity index (χ1) is 9.71. The van der Waals surface area contributed by atoms with Crippen LogP contribution in [0.1, 0.15) is 35.9 Å². The Balaban J connectivity index is 2.27. The molecule has 0 atom stereocenters. The van der Waals surface area contributed by atoms with Crippen molar-refractivity contribution < 1.29 is 9.53 Å². The Labute approximate surface area is 115 Å². The number of ether oxygens (including phenoxy) is 1. The van der Waals surface area contributed by atoms with Gasteiger partial charge in [0, 0.05) is 13.1 Å². The predicted molar refractivity (Wildman–Crippen MR) is 68.7 cm³/mol. The fraction of sp³-hybridized carbons (Fsp3) is 0.545. The minimum Gasteiger partial charge on any atom is -0.461 e. The summed E-state index contributed by atoms with van der Waals surface area (Å²) in [5, 5.41) is 11.9. The van der Waals surface area contributed by atoms with Crippen LogP contribution in [-0.4, -0.2) is 42.3 Å². The quantitative estimate of drug-likeness (QED) is 0.714. The van der Waals surface area contributed by atoms with E-state index in [1.807, 2.05) is 6.92 Å². The lowest BCUT2D eigenvalue weighted by atomic mass is 10.3. The highest BCUT2D eigenvalue weighted by molar-refractivity contribution is 5.88. The second-order valence-electron chi connectivity index (χ2n) is 3.96. The molecule has 20 heavy (non-hydrogen) atoms. The van der Waals surface area contributed by atoms with Gasteiger partial charge in [0.1, 0.15) is 18.7 Å². The molecular weight excluding hydrogens is 262 g/mol. The van der Waals surface area contributed by atoms with E-state index in [1.165, 1.54) is 6.33 Å². The summed E-state index contributed by atoms with van der Waals surface area (Å²) < 4.78 is 8.21. The molecule has 0 spiro atoms. The van der Waals surface area contributed by atoms with Crippen molar-refractivity contribution >= 4 is 5.97 Å². The van der Waals surface area contributed by atoms with Crippen molar-refractivity contribution in [1.29, 1.82) is 0 Å². The SMILES string of the molecule is CCOC(=O)c1nnn(Cc2ncnn2CC)c1CN. The van der Waals surface area contributed by atoms with Crippen molar-refractivity contribution in [3.63, 3.8) is 0 Å². The molecule has 0 bridgehead atoms. The van der Waals surface area contributed by atoms with Crippen molar-refractivity contribution in [1.82, 2.24) is 29.8 Å². The third kappa shape index (κ3) is 2.67. The molecule has 2 aromatic rings. The Morgan fingerprint density at radius 3 is 2.85 bits per heavy atom. The fourth-order valence-corrected chi connectivity index (χ4v) is 1.83. The summed E-state index contributed by atoms with van der Waals surface area (Å²) in [5.41, 5.74) is 6.35. The molecule has 0 unspecified atom stereocenters. The zero-order valence-electron chi connectivity index (χ0n) is 11.5. The fourth-order valence-electron chi connectivity index (χ4n) is 1.83. The summed E-state index contributed by atoms with van der Waals surface area (Å²) >= 11 is 0. The lowest BCUT2D eigenvalue weighted by Crippen LogP contribution is -2.16. The van der Waals surface area contributed by atoms with Gasteiger partial charge in [0.2, 0.25) is 0 Å². The summed E-state index contributed by atoms with van der Waals surface area (Å²) in [6.45, 7) is 5.17. The van der Waals surface area contributed by atoms with Crippen LogP contribution in [0.4, 0.5) is 0 Å². The van der Waals surface area contributed by atoms with Crippen molar-refractivity contribution in [3.8, 4) is 0 Å². The first kappa shape index (κ1) is 14.1. The smallest absolute Gasteiger partial charge is 0.360 e. The molecule has 9 nitrogen and oxygen atoms in total. The van der Waals surface area contributed by atoms with E-state index in [1.54, 1.807) is 16.3 Å². The number of nitrogens with two attached hydrogens (primary N) is 1. The highest BCUT2D eigenvalue weighted by atomic mass is 16.5. The molecule has 2 rings (SSSR count). The van der Waals surface area contributed by atoms with Crippen LogP contribution >= 0.6 is 0 Å². The third-order valence-electron chi connectivity index (χ3n) is 2.79. The number of hydrogen-bond donors (Lipinski definition) is 1. The van der Waals surface area contributed by atoms with E-state index in [0.29, 0.717) is 18.8 Å². The average molecular weight is 279 g/mol. The molecule has 0 aliphatic rings. The van der Waals surface area contributed by atoms with Gasteiger partial charge in [-0.25, -0.2) is 19.1 Å². The molecule has 0 radical (unpaired) electrons. The van der Waals surface area contributed by atoms with Crippen LogP contribution in [0.15, 0.2) is 6.33 Å².